The molecule has 10 nitrogen and oxygen atoms in total. The molecular weight excluding hydrogens is 382 g/mol. The van der Waals surface area contributed by atoms with Crippen molar-refractivity contribution in [2.24, 2.45) is 0 Å². The molecule has 0 fully saturated rings. The second kappa shape index (κ2) is 11.0. The number of carboxylic acid groups (broad SMARTS) is 1. The molecular formula is C19H27N3O7. The fourth-order valence-electron chi connectivity index (χ4n) is 2.16. The number of nitrogens with zero attached hydrogens (tertiary/aromatic N) is 1. The monoisotopic (exact) mass is 409 g/mol. The molecule has 0 spiro atoms. The minimum Gasteiger partial charge on any atom is -0.481 e. The van der Waals surface area contributed by atoms with Gasteiger partial charge < -0.3 is 25.2 Å². The molecule has 1 aromatic heterocycles. The fourth-order valence-corrected chi connectivity index (χ4v) is 2.16. The van der Waals surface area contributed by atoms with Crippen molar-refractivity contribution in [1.82, 2.24) is 10.3 Å². The highest BCUT2D eigenvalue weighted by atomic mass is 16.6. The molecule has 1 atom stereocenters. The number of ether oxygens (including phenoxy) is 2. The molecule has 2 amide bonds. The van der Waals surface area contributed by atoms with E-state index in [0.717, 1.165) is 0 Å². The van der Waals surface area contributed by atoms with E-state index in [1.165, 1.54) is 6.20 Å². The zero-order valence-electron chi connectivity index (χ0n) is 17.0. The second-order valence-electron chi connectivity index (χ2n) is 7.14. The quantitative estimate of drug-likeness (QED) is 0.525. The average Bonchev–Trinajstić information content (AvgIpc) is 2.59. The maximum atomic E-state index is 12.2. The number of aromatic nitrogens is 1. The summed E-state index contributed by atoms with van der Waals surface area (Å²) < 4.78 is 10.2. The van der Waals surface area contributed by atoms with Crippen molar-refractivity contribution >= 4 is 29.6 Å². The van der Waals surface area contributed by atoms with Gasteiger partial charge in [-0.3, -0.25) is 14.6 Å². The molecule has 0 aliphatic carbocycles. The van der Waals surface area contributed by atoms with Gasteiger partial charge in [0.25, 0.3) is 0 Å². The van der Waals surface area contributed by atoms with Gasteiger partial charge in [-0.1, -0.05) is 0 Å². The highest BCUT2D eigenvalue weighted by Gasteiger charge is 2.26. The van der Waals surface area contributed by atoms with E-state index in [2.05, 4.69) is 15.6 Å². The van der Waals surface area contributed by atoms with Crippen LogP contribution in [0.5, 0.6) is 0 Å². The van der Waals surface area contributed by atoms with E-state index < -0.39 is 35.6 Å². The number of hydrogen-bond acceptors (Lipinski definition) is 7. The summed E-state index contributed by atoms with van der Waals surface area (Å²) in [7, 11) is 0. The molecule has 160 valence electrons. The minimum absolute atomic E-state index is 0.0608. The van der Waals surface area contributed by atoms with Crippen LogP contribution < -0.4 is 10.6 Å². The van der Waals surface area contributed by atoms with Crippen LogP contribution in [0.1, 0.15) is 46.2 Å². The number of anilines is 1. The first-order valence-electron chi connectivity index (χ1n) is 9.13. The molecule has 3 N–H and O–H groups in total. The standard InChI is InChI=1S/C19H27N3O7/c1-5-28-17(26)14(22-18(27)29-19(2,3)4)10-12-6-7-13(11-20-12)21-15(23)8-9-16(24)25/h6-7,11,14H,5,8-10H2,1-4H3,(H,21,23)(H,22,27)(H,24,25). The van der Waals surface area contributed by atoms with E-state index in [1.54, 1.807) is 39.8 Å². The number of rotatable bonds is 9. The molecule has 0 radical (unpaired) electrons. The Bertz CT molecular complexity index is 726. The van der Waals surface area contributed by atoms with Crippen LogP contribution in [-0.2, 0) is 30.3 Å². The number of nitrogens with one attached hydrogen (secondary N) is 2. The Morgan fingerprint density at radius 3 is 2.38 bits per heavy atom. The molecule has 1 unspecified atom stereocenters. The van der Waals surface area contributed by atoms with E-state index in [4.69, 9.17) is 14.6 Å². The summed E-state index contributed by atoms with van der Waals surface area (Å²) in [5, 5.41) is 13.6. The van der Waals surface area contributed by atoms with E-state index in [9.17, 15) is 19.2 Å². The molecule has 0 saturated heterocycles. The zero-order chi connectivity index (χ0) is 22.0. The van der Waals surface area contributed by atoms with E-state index in [-0.39, 0.29) is 25.9 Å². The van der Waals surface area contributed by atoms with Gasteiger partial charge >= 0.3 is 18.0 Å². The Morgan fingerprint density at radius 1 is 1.17 bits per heavy atom. The van der Waals surface area contributed by atoms with Crippen molar-refractivity contribution in [3.63, 3.8) is 0 Å². The maximum Gasteiger partial charge on any atom is 0.408 e. The highest BCUT2D eigenvalue weighted by molar-refractivity contribution is 5.92. The zero-order valence-corrected chi connectivity index (χ0v) is 17.0. The van der Waals surface area contributed by atoms with Gasteiger partial charge in [0.05, 0.1) is 24.9 Å². The van der Waals surface area contributed by atoms with Crippen molar-refractivity contribution in [2.75, 3.05) is 11.9 Å². The number of carbonyl (C=O) groups excluding carboxylic acids is 3. The lowest BCUT2D eigenvalue weighted by molar-refractivity contribution is -0.145. The summed E-state index contributed by atoms with van der Waals surface area (Å²) in [5.74, 6) is -2.12. The smallest absolute Gasteiger partial charge is 0.408 e. The first kappa shape index (κ1) is 23.9. The van der Waals surface area contributed by atoms with Gasteiger partial charge in [-0.05, 0) is 39.8 Å². The number of esters is 1. The van der Waals surface area contributed by atoms with Crippen molar-refractivity contribution in [3.05, 3.63) is 24.0 Å². The van der Waals surface area contributed by atoms with Crippen LogP contribution in [0.15, 0.2) is 18.3 Å². The minimum atomic E-state index is -1.06. The fraction of sp³-hybridized carbons (Fsp3) is 0.526. The number of amides is 2. The van der Waals surface area contributed by atoms with Crippen molar-refractivity contribution in [2.45, 2.75) is 58.6 Å². The molecule has 0 aliphatic rings. The molecule has 10 heteroatoms. The predicted molar refractivity (Wildman–Crippen MR) is 103 cm³/mol. The largest absolute Gasteiger partial charge is 0.481 e. The molecule has 0 aliphatic heterocycles. The average molecular weight is 409 g/mol. The molecule has 0 bridgehead atoms. The third-order valence-electron chi connectivity index (χ3n) is 3.35. The van der Waals surface area contributed by atoms with E-state index >= 15 is 0 Å². The summed E-state index contributed by atoms with van der Waals surface area (Å²) in [5.41, 5.74) is 0.141. The third kappa shape index (κ3) is 10.1. The highest BCUT2D eigenvalue weighted by Crippen LogP contribution is 2.11. The van der Waals surface area contributed by atoms with Crippen molar-refractivity contribution < 1.29 is 33.8 Å². The molecule has 29 heavy (non-hydrogen) atoms. The number of carbonyl (C=O) groups is 4. The number of aliphatic carboxylic acids is 1. The van der Waals surface area contributed by atoms with Gasteiger partial charge in [0, 0.05) is 18.5 Å². The summed E-state index contributed by atoms with van der Waals surface area (Å²) in [6.07, 6.45) is 0.268. The van der Waals surface area contributed by atoms with Gasteiger partial charge in [0.1, 0.15) is 11.6 Å². The normalized spacial score (nSPS) is 11.9. The maximum absolute atomic E-state index is 12.2. The number of carboxylic acids is 1. The Balaban J connectivity index is 2.75. The van der Waals surface area contributed by atoms with Gasteiger partial charge in [-0.25, -0.2) is 9.59 Å². The molecule has 0 aromatic carbocycles. The van der Waals surface area contributed by atoms with Gasteiger partial charge in [-0.2, -0.15) is 0 Å². The van der Waals surface area contributed by atoms with Crippen LogP contribution >= 0.6 is 0 Å². The van der Waals surface area contributed by atoms with Crippen LogP contribution in [0.2, 0.25) is 0 Å². The van der Waals surface area contributed by atoms with E-state index in [1.807, 2.05) is 0 Å². The van der Waals surface area contributed by atoms with Gasteiger partial charge in [0.15, 0.2) is 0 Å². The van der Waals surface area contributed by atoms with Crippen molar-refractivity contribution in [1.29, 1.82) is 0 Å². The number of hydrogen-bond donors (Lipinski definition) is 3. The summed E-state index contributed by atoms with van der Waals surface area (Å²) in [6.45, 7) is 6.92. The molecule has 1 aromatic rings. The first-order valence-corrected chi connectivity index (χ1v) is 9.13. The SMILES string of the molecule is CCOC(=O)C(Cc1ccc(NC(=O)CCC(=O)O)cn1)NC(=O)OC(C)(C)C. The number of alkyl carbamates (subject to hydrolysis) is 1. The van der Waals surface area contributed by atoms with Crippen LogP contribution in [-0.4, -0.2) is 52.3 Å². The van der Waals surface area contributed by atoms with Crippen LogP contribution in [0.25, 0.3) is 0 Å². The number of pyridine rings is 1. The van der Waals surface area contributed by atoms with Crippen LogP contribution in [0.3, 0.4) is 0 Å². The first-order chi connectivity index (χ1) is 13.5. The molecule has 1 heterocycles. The van der Waals surface area contributed by atoms with E-state index in [0.29, 0.717) is 11.4 Å². The van der Waals surface area contributed by atoms with Crippen molar-refractivity contribution in [3.8, 4) is 0 Å². The topological polar surface area (TPSA) is 144 Å². The summed E-state index contributed by atoms with van der Waals surface area (Å²) in [4.78, 5) is 50.5. The lowest BCUT2D eigenvalue weighted by atomic mass is 10.1. The Kier molecular flexibility index (Phi) is 9.04. The molecule has 1 rings (SSSR count). The Morgan fingerprint density at radius 2 is 1.86 bits per heavy atom. The Labute approximate surface area is 169 Å². The van der Waals surface area contributed by atoms with Crippen LogP contribution in [0.4, 0.5) is 10.5 Å². The van der Waals surface area contributed by atoms with Crippen LogP contribution in [0, 0.1) is 0 Å². The third-order valence-corrected chi connectivity index (χ3v) is 3.35. The Hall–Kier alpha value is -3.17. The van der Waals surface area contributed by atoms with Gasteiger partial charge in [-0.15, -0.1) is 0 Å². The van der Waals surface area contributed by atoms with Gasteiger partial charge in [0.2, 0.25) is 5.91 Å². The lowest BCUT2D eigenvalue weighted by Gasteiger charge is -2.22. The molecule has 0 saturated carbocycles. The summed E-state index contributed by atoms with van der Waals surface area (Å²) >= 11 is 0. The predicted octanol–water partition coefficient (Wildman–Crippen LogP) is 1.88. The second-order valence-corrected chi connectivity index (χ2v) is 7.14. The lowest BCUT2D eigenvalue weighted by Crippen LogP contribution is -2.45. The summed E-state index contributed by atoms with van der Waals surface area (Å²) in [6, 6.07) is 2.15.